The summed E-state index contributed by atoms with van der Waals surface area (Å²) in [5.41, 5.74) is 11.3. The molecule has 2 aromatic rings. The highest BCUT2D eigenvalue weighted by Crippen LogP contribution is 2.26. The standard InChI is InChI=1S/C15H15N3/c1-10-3-6-14(11(2)7-10)18-15-8-12(9-16)4-5-13(15)17/h3-8,18H,17H2,1-2H3. The highest BCUT2D eigenvalue weighted by Gasteiger charge is 2.03. The van der Waals surface area contributed by atoms with Gasteiger partial charge in [-0.05, 0) is 43.7 Å². The van der Waals surface area contributed by atoms with Crippen LogP contribution in [0.15, 0.2) is 36.4 Å². The fourth-order valence-corrected chi connectivity index (χ4v) is 1.83. The molecular weight excluding hydrogens is 222 g/mol. The molecule has 0 spiro atoms. The van der Waals surface area contributed by atoms with E-state index in [0.29, 0.717) is 11.3 Å². The van der Waals surface area contributed by atoms with Crippen molar-refractivity contribution in [1.82, 2.24) is 0 Å². The van der Waals surface area contributed by atoms with Crippen LogP contribution < -0.4 is 11.1 Å². The van der Waals surface area contributed by atoms with E-state index in [1.54, 1.807) is 18.2 Å². The minimum Gasteiger partial charge on any atom is -0.397 e. The van der Waals surface area contributed by atoms with Crippen molar-refractivity contribution in [2.45, 2.75) is 13.8 Å². The van der Waals surface area contributed by atoms with Crippen LogP contribution in [-0.4, -0.2) is 0 Å². The van der Waals surface area contributed by atoms with Crippen LogP contribution in [0.25, 0.3) is 0 Å². The molecule has 0 unspecified atom stereocenters. The van der Waals surface area contributed by atoms with Crippen molar-refractivity contribution in [3.63, 3.8) is 0 Å². The third-order valence-corrected chi connectivity index (χ3v) is 2.83. The van der Waals surface area contributed by atoms with E-state index in [4.69, 9.17) is 11.0 Å². The van der Waals surface area contributed by atoms with Gasteiger partial charge in [0, 0.05) is 5.69 Å². The first-order chi connectivity index (χ1) is 8.60. The average molecular weight is 237 g/mol. The number of hydrogen-bond acceptors (Lipinski definition) is 3. The summed E-state index contributed by atoms with van der Waals surface area (Å²) in [5, 5.41) is 12.2. The Morgan fingerprint density at radius 1 is 1.06 bits per heavy atom. The van der Waals surface area contributed by atoms with E-state index in [1.165, 1.54) is 5.56 Å². The summed E-state index contributed by atoms with van der Waals surface area (Å²) in [7, 11) is 0. The van der Waals surface area contributed by atoms with Crippen molar-refractivity contribution in [3.8, 4) is 6.07 Å². The minimum atomic E-state index is 0.594. The van der Waals surface area contributed by atoms with E-state index in [1.807, 2.05) is 19.1 Å². The Balaban J connectivity index is 2.37. The van der Waals surface area contributed by atoms with Gasteiger partial charge in [0.05, 0.1) is 23.0 Å². The molecule has 0 fully saturated rings. The Morgan fingerprint density at radius 3 is 2.50 bits per heavy atom. The van der Waals surface area contributed by atoms with Crippen LogP contribution in [0.2, 0.25) is 0 Å². The van der Waals surface area contributed by atoms with E-state index >= 15 is 0 Å². The van der Waals surface area contributed by atoms with Crippen molar-refractivity contribution in [3.05, 3.63) is 53.1 Å². The fraction of sp³-hybridized carbons (Fsp3) is 0.133. The number of nitriles is 1. The Bertz CT molecular complexity index is 624. The first-order valence-electron chi connectivity index (χ1n) is 5.74. The maximum Gasteiger partial charge on any atom is 0.0992 e. The first-order valence-corrected chi connectivity index (χ1v) is 5.74. The largest absolute Gasteiger partial charge is 0.397 e. The lowest BCUT2D eigenvalue weighted by atomic mass is 10.1. The van der Waals surface area contributed by atoms with Gasteiger partial charge in [-0.2, -0.15) is 5.26 Å². The number of nitrogen functional groups attached to an aromatic ring is 1. The van der Waals surface area contributed by atoms with Crippen molar-refractivity contribution in [2.75, 3.05) is 11.1 Å². The lowest BCUT2D eigenvalue weighted by Crippen LogP contribution is -1.98. The highest BCUT2D eigenvalue weighted by molar-refractivity contribution is 5.75. The second-order valence-corrected chi connectivity index (χ2v) is 4.36. The Labute approximate surface area is 107 Å². The molecule has 0 aromatic heterocycles. The summed E-state index contributed by atoms with van der Waals surface area (Å²) in [4.78, 5) is 0. The van der Waals surface area contributed by atoms with Gasteiger partial charge in [0.1, 0.15) is 0 Å². The van der Waals surface area contributed by atoms with Crippen molar-refractivity contribution in [1.29, 1.82) is 5.26 Å². The lowest BCUT2D eigenvalue weighted by Gasteiger charge is -2.12. The Kier molecular flexibility index (Phi) is 3.20. The third-order valence-electron chi connectivity index (χ3n) is 2.83. The summed E-state index contributed by atoms with van der Waals surface area (Å²) < 4.78 is 0. The van der Waals surface area contributed by atoms with Crippen LogP contribution in [0, 0.1) is 25.2 Å². The van der Waals surface area contributed by atoms with Crippen molar-refractivity contribution in [2.24, 2.45) is 0 Å². The summed E-state index contributed by atoms with van der Waals surface area (Å²) in [5.74, 6) is 0. The molecule has 0 saturated heterocycles. The molecule has 0 bridgehead atoms. The van der Waals surface area contributed by atoms with Gasteiger partial charge in [0.15, 0.2) is 0 Å². The normalized spacial score (nSPS) is 9.83. The van der Waals surface area contributed by atoms with Gasteiger partial charge >= 0.3 is 0 Å². The monoisotopic (exact) mass is 237 g/mol. The number of nitrogens with two attached hydrogens (primary N) is 1. The molecule has 0 aliphatic carbocycles. The molecular formula is C15H15N3. The van der Waals surface area contributed by atoms with Gasteiger partial charge < -0.3 is 11.1 Å². The van der Waals surface area contributed by atoms with Crippen LogP contribution in [-0.2, 0) is 0 Å². The number of nitrogens with one attached hydrogen (secondary N) is 1. The third kappa shape index (κ3) is 2.44. The van der Waals surface area contributed by atoms with Crippen LogP contribution in [0.3, 0.4) is 0 Å². The van der Waals surface area contributed by atoms with Crippen LogP contribution in [0.1, 0.15) is 16.7 Å². The minimum absolute atomic E-state index is 0.594. The molecule has 0 amide bonds. The van der Waals surface area contributed by atoms with E-state index in [9.17, 15) is 0 Å². The Morgan fingerprint density at radius 2 is 1.83 bits per heavy atom. The van der Waals surface area contributed by atoms with E-state index in [-0.39, 0.29) is 0 Å². The summed E-state index contributed by atoms with van der Waals surface area (Å²) in [6.45, 7) is 4.10. The molecule has 2 aromatic carbocycles. The number of nitrogens with zero attached hydrogens (tertiary/aromatic N) is 1. The molecule has 0 aliphatic rings. The summed E-state index contributed by atoms with van der Waals surface area (Å²) in [6.07, 6.45) is 0. The van der Waals surface area contributed by atoms with Gasteiger partial charge in [-0.3, -0.25) is 0 Å². The van der Waals surface area contributed by atoms with Gasteiger partial charge in [-0.1, -0.05) is 17.7 Å². The average Bonchev–Trinajstić information content (AvgIpc) is 2.35. The molecule has 90 valence electrons. The van der Waals surface area contributed by atoms with Crippen molar-refractivity contribution >= 4 is 17.1 Å². The molecule has 3 nitrogen and oxygen atoms in total. The van der Waals surface area contributed by atoms with Crippen molar-refractivity contribution < 1.29 is 0 Å². The SMILES string of the molecule is Cc1ccc(Nc2cc(C#N)ccc2N)c(C)c1. The van der Waals surface area contributed by atoms with Crippen LogP contribution in [0.4, 0.5) is 17.1 Å². The first kappa shape index (κ1) is 12.0. The quantitative estimate of drug-likeness (QED) is 0.786. The molecule has 0 saturated carbocycles. The van der Waals surface area contributed by atoms with E-state index in [2.05, 4.69) is 24.4 Å². The maximum absolute atomic E-state index is 8.89. The predicted molar refractivity (Wildman–Crippen MR) is 74.8 cm³/mol. The molecule has 0 atom stereocenters. The lowest BCUT2D eigenvalue weighted by molar-refractivity contribution is 1.37. The van der Waals surface area contributed by atoms with Gasteiger partial charge in [-0.25, -0.2) is 0 Å². The smallest absolute Gasteiger partial charge is 0.0992 e. The summed E-state index contributed by atoms with van der Waals surface area (Å²) in [6, 6.07) is 13.5. The van der Waals surface area contributed by atoms with E-state index in [0.717, 1.165) is 16.9 Å². The number of benzene rings is 2. The van der Waals surface area contributed by atoms with Crippen LogP contribution in [0.5, 0.6) is 0 Å². The zero-order chi connectivity index (χ0) is 13.1. The van der Waals surface area contributed by atoms with Gasteiger partial charge in [-0.15, -0.1) is 0 Å². The zero-order valence-corrected chi connectivity index (χ0v) is 10.5. The summed E-state index contributed by atoms with van der Waals surface area (Å²) >= 11 is 0. The van der Waals surface area contributed by atoms with Gasteiger partial charge in [0.2, 0.25) is 0 Å². The topological polar surface area (TPSA) is 61.8 Å². The van der Waals surface area contributed by atoms with E-state index < -0.39 is 0 Å². The molecule has 2 rings (SSSR count). The number of rotatable bonds is 2. The number of aryl methyl sites for hydroxylation is 2. The molecule has 0 aliphatic heterocycles. The second-order valence-electron chi connectivity index (χ2n) is 4.36. The number of anilines is 3. The molecule has 18 heavy (non-hydrogen) atoms. The molecule has 3 heteroatoms. The maximum atomic E-state index is 8.89. The molecule has 0 heterocycles. The van der Waals surface area contributed by atoms with Gasteiger partial charge in [0.25, 0.3) is 0 Å². The molecule has 3 N–H and O–H groups in total. The Hall–Kier alpha value is -2.47. The molecule has 0 radical (unpaired) electrons. The highest BCUT2D eigenvalue weighted by atomic mass is 14.9. The number of hydrogen-bond donors (Lipinski definition) is 2. The zero-order valence-electron chi connectivity index (χ0n) is 10.5. The second kappa shape index (κ2) is 4.80. The fourth-order valence-electron chi connectivity index (χ4n) is 1.83. The predicted octanol–water partition coefficient (Wildman–Crippen LogP) is 3.50. The van der Waals surface area contributed by atoms with Crippen LogP contribution >= 0.6 is 0 Å².